The van der Waals surface area contributed by atoms with Crippen molar-refractivity contribution < 1.29 is 23.9 Å². The van der Waals surface area contributed by atoms with Crippen molar-refractivity contribution in [1.82, 2.24) is 15.4 Å². The van der Waals surface area contributed by atoms with Gasteiger partial charge in [0.05, 0.1) is 6.04 Å². The van der Waals surface area contributed by atoms with E-state index in [0.717, 1.165) is 50.9 Å². The fourth-order valence-corrected chi connectivity index (χ4v) is 5.40. The smallest absolute Gasteiger partial charge is 0.416 e. The van der Waals surface area contributed by atoms with Gasteiger partial charge in [-0.05, 0) is 82.9 Å². The van der Waals surface area contributed by atoms with Crippen LogP contribution in [0.4, 0.5) is 10.6 Å². The van der Waals surface area contributed by atoms with Crippen molar-refractivity contribution in [2.75, 3.05) is 24.6 Å². The molecule has 9 nitrogen and oxygen atoms in total. The molecule has 2 saturated heterocycles. The number of amides is 2. The molecule has 2 atom stereocenters. The third-order valence-electron chi connectivity index (χ3n) is 6.25. The molecule has 2 aliphatic rings. The SMILES string of the molecule is Cc1ccc(CN2CC[C@@H](N(C(=O)OC(C)(C)C)c3ccc(C=CC(=O)NOC4CCCCO4)cn3)C2)s1. The second kappa shape index (κ2) is 12.8. The van der Waals surface area contributed by atoms with Crippen LogP contribution in [-0.4, -0.2) is 59.5 Å². The summed E-state index contributed by atoms with van der Waals surface area (Å²) in [5.74, 6) is 0.142. The molecule has 2 aromatic heterocycles. The van der Waals surface area contributed by atoms with Crippen molar-refractivity contribution in [3.63, 3.8) is 0 Å². The van der Waals surface area contributed by atoms with Crippen LogP contribution in [-0.2, 0) is 25.7 Å². The Bertz CT molecular complexity index is 1110. The number of ether oxygens (including phenoxy) is 2. The van der Waals surface area contributed by atoms with Gasteiger partial charge in [0, 0.05) is 54.7 Å². The zero-order valence-electron chi connectivity index (χ0n) is 22.6. The van der Waals surface area contributed by atoms with Gasteiger partial charge in [0.1, 0.15) is 11.4 Å². The Labute approximate surface area is 228 Å². The van der Waals surface area contributed by atoms with Gasteiger partial charge in [0.25, 0.3) is 5.91 Å². The Balaban J connectivity index is 1.39. The van der Waals surface area contributed by atoms with Crippen molar-refractivity contribution >= 4 is 35.2 Å². The topological polar surface area (TPSA) is 93.2 Å². The maximum atomic E-state index is 13.3. The Morgan fingerprint density at radius 1 is 1.24 bits per heavy atom. The molecule has 0 bridgehead atoms. The van der Waals surface area contributed by atoms with Crippen LogP contribution < -0.4 is 10.4 Å². The van der Waals surface area contributed by atoms with Gasteiger partial charge in [0.2, 0.25) is 0 Å². The van der Waals surface area contributed by atoms with E-state index in [1.807, 2.05) is 26.8 Å². The minimum atomic E-state index is -0.622. The molecule has 0 aliphatic carbocycles. The van der Waals surface area contributed by atoms with Gasteiger partial charge in [-0.15, -0.1) is 11.3 Å². The first-order valence-electron chi connectivity index (χ1n) is 13.2. The number of hydroxylamine groups is 1. The van der Waals surface area contributed by atoms with Crippen molar-refractivity contribution in [3.05, 3.63) is 51.9 Å². The van der Waals surface area contributed by atoms with Crippen LogP contribution in [0, 0.1) is 6.92 Å². The number of anilines is 1. The van der Waals surface area contributed by atoms with Gasteiger partial charge in [0.15, 0.2) is 6.29 Å². The molecule has 0 radical (unpaired) electrons. The summed E-state index contributed by atoms with van der Waals surface area (Å²) < 4.78 is 11.2. The molecule has 2 fully saturated rings. The lowest BCUT2D eigenvalue weighted by Crippen LogP contribution is -2.45. The van der Waals surface area contributed by atoms with Gasteiger partial charge in [-0.2, -0.15) is 0 Å². The number of carbonyl (C=O) groups is 2. The first-order valence-corrected chi connectivity index (χ1v) is 14.0. The zero-order chi connectivity index (χ0) is 27.1. The summed E-state index contributed by atoms with van der Waals surface area (Å²) in [7, 11) is 0. The molecular formula is C28H38N4O5S. The van der Waals surface area contributed by atoms with Crippen LogP contribution >= 0.6 is 11.3 Å². The number of nitrogens with one attached hydrogen (secondary N) is 1. The lowest BCUT2D eigenvalue weighted by molar-refractivity contribution is -0.198. The second-order valence-corrected chi connectivity index (χ2v) is 12.1. The van der Waals surface area contributed by atoms with Crippen LogP contribution in [0.2, 0.25) is 0 Å². The summed E-state index contributed by atoms with van der Waals surface area (Å²) in [5.41, 5.74) is 2.51. The molecule has 206 valence electrons. The van der Waals surface area contributed by atoms with E-state index in [1.165, 1.54) is 15.8 Å². The van der Waals surface area contributed by atoms with E-state index < -0.39 is 18.0 Å². The number of carbonyl (C=O) groups excluding carboxylic acids is 2. The molecule has 2 aromatic rings. The third kappa shape index (κ3) is 8.36. The number of aryl methyl sites for hydroxylation is 1. The maximum absolute atomic E-state index is 13.3. The Morgan fingerprint density at radius 2 is 2.08 bits per heavy atom. The van der Waals surface area contributed by atoms with Crippen LogP contribution in [0.1, 0.15) is 61.8 Å². The monoisotopic (exact) mass is 542 g/mol. The van der Waals surface area contributed by atoms with Gasteiger partial charge in [-0.1, -0.05) is 0 Å². The van der Waals surface area contributed by atoms with Crippen LogP contribution in [0.3, 0.4) is 0 Å². The number of rotatable bonds is 8. The van der Waals surface area contributed by atoms with E-state index in [9.17, 15) is 9.59 Å². The summed E-state index contributed by atoms with van der Waals surface area (Å²) >= 11 is 1.80. The highest BCUT2D eigenvalue weighted by Crippen LogP contribution is 2.27. The van der Waals surface area contributed by atoms with Gasteiger partial charge in [-0.25, -0.2) is 20.1 Å². The van der Waals surface area contributed by atoms with E-state index >= 15 is 0 Å². The molecule has 2 aliphatic heterocycles. The highest BCUT2D eigenvalue weighted by molar-refractivity contribution is 7.11. The first-order chi connectivity index (χ1) is 18.2. The minimum absolute atomic E-state index is 0.0512. The molecule has 0 aromatic carbocycles. The predicted molar refractivity (Wildman–Crippen MR) is 148 cm³/mol. The average Bonchev–Trinajstić information content (AvgIpc) is 3.50. The lowest BCUT2D eigenvalue weighted by Gasteiger charge is -2.31. The van der Waals surface area contributed by atoms with Crippen LogP contribution in [0.5, 0.6) is 0 Å². The molecule has 1 unspecified atom stereocenters. The van der Waals surface area contributed by atoms with E-state index in [1.54, 1.807) is 34.6 Å². The summed E-state index contributed by atoms with van der Waals surface area (Å²) in [4.78, 5) is 41.9. The summed E-state index contributed by atoms with van der Waals surface area (Å²) in [6.45, 7) is 10.8. The van der Waals surface area contributed by atoms with E-state index in [-0.39, 0.29) is 11.9 Å². The van der Waals surface area contributed by atoms with Gasteiger partial charge in [-0.3, -0.25) is 14.6 Å². The van der Waals surface area contributed by atoms with E-state index in [0.29, 0.717) is 12.4 Å². The van der Waals surface area contributed by atoms with E-state index in [4.69, 9.17) is 14.3 Å². The zero-order valence-corrected chi connectivity index (χ0v) is 23.5. The Hall–Kier alpha value is -2.79. The standard InChI is InChI=1S/C28H38N4O5S/c1-20-8-11-23(38-20)19-31-15-14-22(18-31)32(27(34)36-28(2,3)4)24-12-9-21(17-29-24)10-13-25(33)30-37-26-7-5-6-16-35-26/h8-13,17,22,26H,5-7,14-16,18-19H2,1-4H3,(H,30,33)/t22-,26?/m1/s1. The maximum Gasteiger partial charge on any atom is 0.416 e. The second-order valence-electron chi connectivity index (χ2n) is 10.7. The molecule has 1 N–H and O–H groups in total. The third-order valence-corrected chi connectivity index (χ3v) is 7.24. The minimum Gasteiger partial charge on any atom is -0.443 e. The Kier molecular flexibility index (Phi) is 9.54. The number of hydrogen-bond donors (Lipinski definition) is 1. The number of aromatic nitrogens is 1. The number of thiophene rings is 1. The molecule has 10 heteroatoms. The number of hydrogen-bond acceptors (Lipinski definition) is 8. The van der Waals surface area contributed by atoms with Crippen molar-refractivity contribution in [1.29, 1.82) is 0 Å². The molecule has 2 amide bonds. The summed E-state index contributed by atoms with van der Waals surface area (Å²) in [5, 5.41) is 0. The predicted octanol–water partition coefficient (Wildman–Crippen LogP) is 5.06. The van der Waals surface area contributed by atoms with Crippen LogP contribution in [0.25, 0.3) is 6.08 Å². The Morgan fingerprint density at radius 3 is 2.74 bits per heavy atom. The van der Waals surface area contributed by atoms with Gasteiger partial charge >= 0.3 is 6.09 Å². The van der Waals surface area contributed by atoms with Crippen molar-refractivity contribution in [2.24, 2.45) is 0 Å². The number of pyridine rings is 1. The van der Waals surface area contributed by atoms with Crippen LogP contribution in [0.15, 0.2) is 36.5 Å². The van der Waals surface area contributed by atoms with Crippen molar-refractivity contribution in [3.8, 4) is 0 Å². The largest absolute Gasteiger partial charge is 0.443 e. The fraction of sp³-hybridized carbons (Fsp3) is 0.536. The fourth-order valence-electron chi connectivity index (χ4n) is 4.47. The van der Waals surface area contributed by atoms with Crippen molar-refractivity contribution in [2.45, 2.75) is 77.9 Å². The molecule has 0 spiro atoms. The quantitative estimate of drug-likeness (QED) is 0.368. The molecule has 0 saturated carbocycles. The highest BCUT2D eigenvalue weighted by atomic mass is 32.1. The number of nitrogens with zero attached hydrogens (tertiary/aromatic N) is 3. The first kappa shape index (κ1) is 28.2. The molecule has 4 heterocycles. The number of likely N-dealkylation sites (tertiary alicyclic amines) is 1. The summed E-state index contributed by atoms with van der Waals surface area (Å²) in [6.07, 6.45) is 7.48. The normalized spacial score (nSPS) is 20.5. The highest BCUT2D eigenvalue weighted by Gasteiger charge is 2.35. The van der Waals surface area contributed by atoms with E-state index in [2.05, 4.69) is 34.4 Å². The van der Waals surface area contributed by atoms with Gasteiger partial charge < -0.3 is 9.47 Å². The molecule has 4 rings (SSSR count). The summed E-state index contributed by atoms with van der Waals surface area (Å²) in [6, 6.07) is 7.88. The molecule has 38 heavy (non-hydrogen) atoms. The average molecular weight is 543 g/mol. The lowest BCUT2D eigenvalue weighted by atomic mass is 10.2. The molecular weight excluding hydrogens is 504 g/mol.